The summed E-state index contributed by atoms with van der Waals surface area (Å²) in [6, 6.07) is 10.5. The molecule has 0 bridgehead atoms. The molecule has 0 aliphatic rings. The number of hydrogen-bond donors (Lipinski definition) is 2. The molecule has 7 nitrogen and oxygen atoms in total. The topological polar surface area (TPSA) is 78.1 Å². The predicted molar refractivity (Wildman–Crippen MR) is 107 cm³/mol. The van der Waals surface area contributed by atoms with E-state index in [1.165, 1.54) is 7.11 Å². The first-order valence-electron chi connectivity index (χ1n) is 8.04. The first kappa shape index (κ1) is 20.3. The van der Waals surface area contributed by atoms with Crippen LogP contribution in [0.3, 0.4) is 0 Å². The Bertz CT molecular complexity index is 783. The predicted octanol–water partition coefficient (Wildman–Crippen LogP) is 2.99. The van der Waals surface area contributed by atoms with Gasteiger partial charge in [0.2, 0.25) is 5.75 Å². The van der Waals surface area contributed by atoms with Crippen molar-refractivity contribution in [2.45, 2.75) is 6.54 Å². The zero-order chi connectivity index (χ0) is 19.8. The van der Waals surface area contributed by atoms with Crippen LogP contribution in [0.5, 0.6) is 17.2 Å². The van der Waals surface area contributed by atoms with Crippen LogP contribution in [0.15, 0.2) is 36.4 Å². The minimum Gasteiger partial charge on any atom is -0.493 e. The molecule has 2 N–H and O–H groups in total. The van der Waals surface area contributed by atoms with Crippen molar-refractivity contribution in [3.8, 4) is 17.2 Å². The molecule has 0 saturated carbocycles. The number of rotatable bonds is 7. The number of carbonyl (C=O) groups excluding carboxylic acids is 1. The van der Waals surface area contributed by atoms with Gasteiger partial charge in [-0.15, -0.1) is 0 Å². The molecule has 0 saturated heterocycles. The Kier molecular flexibility index (Phi) is 7.25. The highest BCUT2D eigenvalue weighted by atomic mass is 32.1. The van der Waals surface area contributed by atoms with Gasteiger partial charge < -0.3 is 29.6 Å². The summed E-state index contributed by atoms with van der Waals surface area (Å²) < 4.78 is 20.7. The van der Waals surface area contributed by atoms with Gasteiger partial charge in [0.1, 0.15) is 0 Å². The van der Waals surface area contributed by atoms with E-state index in [1.807, 2.05) is 12.1 Å². The van der Waals surface area contributed by atoms with Crippen LogP contribution in [0.1, 0.15) is 15.9 Å². The van der Waals surface area contributed by atoms with E-state index < -0.39 is 0 Å². The molecule has 0 aliphatic heterocycles. The fourth-order valence-corrected chi connectivity index (χ4v) is 2.59. The van der Waals surface area contributed by atoms with Crippen molar-refractivity contribution < 1.29 is 23.7 Å². The molecule has 0 aromatic heterocycles. The van der Waals surface area contributed by atoms with Crippen molar-refractivity contribution in [2.24, 2.45) is 0 Å². The number of anilines is 1. The maximum atomic E-state index is 11.4. The van der Waals surface area contributed by atoms with Gasteiger partial charge in [0, 0.05) is 12.2 Å². The fraction of sp³-hybridized carbons (Fsp3) is 0.263. The first-order chi connectivity index (χ1) is 13.0. The van der Waals surface area contributed by atoms with E-state index in [1.54, 1.807) is 45.6 Å². The van der Waals surface area contributed by atoms with Crippen molar-refractivity contribution >= 4 is 29.0 Å². The lowest BCUT2D eigenvalue weighted by Gasteiger charge is -2.15. The van der Waals surface area contributed by atoms with E-state index in [0.717, 1.165) is 11.3 Å². The van der Waals surface area contributed by atoms with Gasteiger partial charge in [-0.25, -0.2) is 4.79 Å². The van der Waals surface area contributed by atoms with Gasteiger partial charge in [-0.3, -0.25) is 0 Å². The second-order valence-corrected chi connectivity index (χ2v) is 5.82. The summed E-state index contributed by atoms with van der Waals surface area (Å²) in [6.07, 6.45) is 0. The molecule has 8 heteroatoms. The van der Waals surface area contributed by atoms with Crippen molar-refractivity contribution in [1.29, 1.82) is 0 Å². The summed E-state index contributed by atoms with van der Waals surface area (Å²) in [5, 5.41) is 6.61. The summed E-state index contributed by atoms with van der Waals surface area (Å²) >= 11 is 5.31. The Balaban J connectivity index is 2.00. The molecule has 2 aromatic carbocycles. The highest BCUT2D eigenvalue weighted by molar-refractivity contribution is 7.80. The Morgan fingerprint density at radius 1 is 0.963 bits per heavy atom. The van der Waals surface area contributed by atoms with Crippen molar-refractivity contribution in [3.63, 3.8) is 0 Å². The van der Waals surface area contributed by atoms with Crippen LogP contribution in [0, 0.1) is 0 Å². The van der Waals surface area contributed by atoms with E-state index >= 15 is 0 Å². The summed E-state index contributed by atoms with van der Waals surface area (Å²) in [5.41, 5.74) is 2.14. The molecule has 0 atom stereocenters. The molecule has 0 radical (unpaired) electrons. The molecule has 0 spiro atoms. The third-order valence-corrected chi connectivity index (χ3v) is 3.99. The zero-order valence-corrected chi connectivity index (χ0v) is 16.4. The van der Waals surface area contributed by atoms with Crippen LogP contribution in [0.4, 0.5) is 5.69 Å². The van der Waals surface area contributed by atoms with E-state index in [4.69, 9.17) is 26.4 Å². The van der Waals surface area contributed by atoms with Crippen molar-refractivity contribution in [3.05, 3.63) is 47.5 Å². The number of nitrogens with one attached hydrogen (secondary N) is 2. The second-order valence-electron chi connectivity index (χ2n) is 5.41. The number of esters is 1. The first-order valence-corrected chi connectivity index (χ1v) is 8.45. The van der Waals surface area contributed by atoms with Gasteiger partial charge in [-0.1, -0.05) is 0 Å². The Labute approximate surface area is 163 Å². The summed E-state index contributed by atoms with van der Waals surface area (Å²) in [6.45, 7) is 0.461. The molecule has 0 heterocycles. The van der Waals surface area contributed by atoms with E-state index in [2.05, 4.69) is 15.4 Å². The van der Waals surface area contributed by atoms with Crippen LogP contribution in [-0.2, 0) is 11.3 Å². The number of benzene rings is 2. The Morgan fingerprint density at radius 2 is 1.56 bits per heavy atom. The maximum absolute atomic E-state index is 11.4. The van der Waals surface area contributed by atoms with E-state index in [0.29, 0.717) is 34.5 Å². The molecule has 2 rings (SSSR count). The lowest BCUT2D eigenvalue weighted by Crippen LogP contribution is -2.27. The SMILES string of the molecule is COC(=O)c1ccc(NC(=S)NCc2cc(OC)c(OC)c(OC)c2)cc1. The normalized spacial score (nSPS) is 9.93. The standard InChI is InChI=1S/C19H22N2O5S/c1-23-15-9-12(10-16(24-2)17(15)25-3)11-20-19(27)21-14-7-5-13(6-8-14)18(22)26-4/h5-10H,11H2,1-4H3,(H2,20,21,27). The van der Waals surface area contributed by atoms with Crippen LogP contribution < -0.4 is 24.8 Å². The number of ether oxygens (including phenoxy) is 4. The monoisotopic (exact) mass is 390 g/mol. The average molecular weight is 390 g/mol. The van der Waals surface area contributed by atoms with Crippen LogP contribution in [0.25, 0.3) is 0 Å². The third kappa shape index (κ3) is 5.24. The number of thiocarbonyl (C=S) groups is 1. The van der Waals surface area contributed by atoms with Gasteiger partial charge in [0.05, 0.1) is 34.0 Å². The maximum Gasteiger partial charge on any atom is 0.337 e. The van der Waals surface area contributed by atoms with Gasteiger partial charge in [-0.2, -0.15) is 0 Å². The minimum absolute atomic E-state index is 0.385. The smallest absolute Gasteiger partial charge is 0.337 e. The molecular formula is C19H22N2O5S. The quantitative estimate of drug-likeness (QED) is 0.552. The third-order valence-electron chi connectivity index (χ3n) is 3.74. The Hall–Kier alpha value is -3.00. The highest BCUT2D eigenvalue weighted by Gasteiger charge is 2.13. The molecule has 0 fully saturated rings. The molecule has 0 unspecified atom stereocenters. The molecule has 0 amide bonds. The average Bonchev–Trinajstić information content (AvgIpc) is 2.71. The second kappa shape index (κ2) is 9.63. The lowest BCUT2D eigenvalue weighted by atomic mass is 10.2. The lowest BCUT2D eigenvalue weighted by molar-refractivity contribution is 0.0601. The summed E-state index contributed by atoms with van der Waals surface area (Å²) in [7, 11) is 6.04. The molecular weight excluding hydrogens is 368 g/mol. The van der Waals surface area contributed by atoms with Gasteiger partial charge in [0.25, 0.3) is 0 Å². The van der Waals surface area contributed by atoms with Crippen molar-refractivity contribution in [2.75, 3.05) is 33.8 Å². The molecule has 0 aliphatic carbocycles. The molecule has 2 aromatic rings. The largest absolute Gasteiger partial charge is 0.493 e. The zero-order valence-electron chi connectivity index (χ0n) is 15.6. The van der Waals surface area contributed by atoms with Crippen LogP contribution in [0.2, 0.25) is 0 Å². The summed E-state index contributed by atoms with van der Waals surface area (Å²) in [5.74, 6) is 1.30. The molecule has 27 heavy (non-hydrogen) atoms. The Morgan fingerprint density at radius 3 is 2.04 bits per heavy atom. The summed E-state index contributed by atoms with van der Waals surface area (Å²) in [4.78, 5) is 11.4. The minimum atomic E-state index is -0.385. The van der Waals surface area contributed by atoms with Crippen molar-refractivity contribution in [1.82, 2.24) is 5.32 Å². The highest BCUT2D eigenvalue weighted by Crippen LogP contribution is 2.38. The van der Waals surface area contributed by atoms with Crippen LogP contribution in [-0.4, -0.2) is 39.5 Å². The van der Waals surface area contributed by atoms with Gasteiger partial charge >= 0.3 is 5.97 Å². The fourth-order valence-electron chi connectivity index (χ4n) is 2.40. The van der Waals surface area contributed by atoms with Gasteiger partial charge in [-0.05, 0) is 54.2 Å². The van der Waals surface area contributed by atoms with E-state index in [9.17, 15) is 4.79 Å². The van der Waals surface area contributed by atoms with Crippen LogP contribution >= 0.6 is 12.2 Å². The molecule has 144 valence electrons. The number of methoxy groups -OCH3 is 4. The van der Waals surface area contributed by atoms with Gasteiger partial charge in [0.15, 0.2) is 16.6 Å². The number of hydrogen-bond acceptors (Lipinski definition) is 6. The number of carbonyl (C=O) groups is 1. The van der Waals surface area contributed by atoms with E-state index in [-0.39, 0.29) is 5.97 Å².